The lowest BCUT2D eigenvalue weighted by molar-refractivity contribution is 0.313. The second-order valence-electron chi connectivity index (χ2n) is 5.41. The van der Waals surface area contributed by atoms with E-state index < -0.39 is 0 Å². The van der Waals surface area contributed by atoms with Crippen molar-refractivity contribution >= 4 is 0 Å². The minimum Gasteiger partial charge on any atom is -0.491 e. The summed E-state index contributed by atoms with van der Waals surface area (Å²) >= 11 is 0. The van der Waals surface area contributed by atoms with Gasteiger partial charge in [0.25, 0.3) is 0 Å². The Balaban J connectivity index is 2.33. The molecule has 0 aliphatic carbocycles. The fourth-order valence-corrected chi connectivity index (χ4v) is 2.26. The zero-order valence-electron chi connectivity index (χ0n) is 11.3. The Labute approximate surface area is 104 Å². The van der Waals surface area contributed by atoms with Crippen molar-refractivity contribution in [3.05, 3.63) is 29.3 Å². The molecular formula is C15H23NO. The van der Waals surface area contributed by atoms with Crippen LogP contribution in [-0.2, 0) is 5.41 Å². The van der Waals surface area contributed by atoms with E-state index in [0.29, 0.717) is 6.04 Å². The third-order valence-electron chi connectivity index (χ3n) is 3.91. The van der Waals surface area contributed by atoms with Crippen LogP contribution < -0.4 is 10.1 Å². The quantitative estimate of drug-likeness (QED) is 0.860. The Bertz CT molecular complexity index is 396. The smallest absolute Gasteiger partial charge is 0.124 e. The Kier molecular flexibility index (Phi) is 3.43. The van der Waals surface area contributed by atoms with Gasteiger partial charge >= 0.3 is 0 Å². The summed E-state index contributed by atoms with van der Waals surface area (Å²) in [5, 5.41) is 3.47. The van der Waals surface area contributed by atoms with Gasteiger partial charge in [-0.1, -0.05) is 33.8 Å². The molecule has 1 aromatic carbocycles. The molecule has 2 heteroatoms. The van der Waals surface area contributed by atoms with E-state index in [1.165, 1.54) is 11.1 Å². The van der Waals surface area contributed by atoms with Crippen LogP contribution in [0.5, 0.6) is 5.75 Å². The highest BCUT2D eigenvalue weighted by atomic mass is 16.5. The number of hydrogen-bond acceptors (Lipinski definition) is 2. The third-order valence-corrected chi connectivity index (χ3v) is 3.91. The standard InChI is InChI=1S/C15H23NO/c1-5-15(3,4)11-7-8-14-12(9-11)13(10-17-14)16-6-2/h7-9,13,16H,5-6,10H2,1-4H3. The monoisotopic (exact) mass is 233 g/mol. The van der Waals surface area contributed by atoms with E-state index >= 15 is 0 Å². The highest BCUT2D eigenvalue weighted by Crippen LogP contribution is 2.36. The van der Waals surface area contributed by atoms with Crippen molar-refractivity contribution in [2.45, 2.75) is 45.6 Å². The van der Waals surface area contributed by atoms with Crippen LogP contribution in [0.25, 0.3) is 0 Å². The van der Waals surface area contributed by atoms with Gasteiger partial charge in [-0.2, -0.15) is 0 Å². The molecule has 0 saturated heterocycles. The molecule has 0 fully saturated rings. The highest BCUT2D eigenvalue weighted by Gasteiger charge is 2.26. The average Bonchev–Trinajstić information content (AvgIpc) is 2.72. The highest BCUT2D eigenvalue weighted by molar-refractivity contribution is 5.44. The van der Waals surface area contributed by atoms with E-state index in [-0.39, 0.29) is 5.41 Å². The molecule has 0 radical (unpaired) electrons. The fraction of sp³-hybridized carbons (Fsp3) is 0.600. The molecule has 17 heavy (non-hydrogen) atoms. The van der Waals surface area contributed by atoms with Crippen molar-refractivity contribution < 1.29 is 4.74 Å². The molecule has 2 nitrogen and oxygen atoms in total. The van der Waals surface area contributed by atoms with E-state index in [9.17, 15) is 0 Å². The molecule has 2 rings (SSSR count). The minimum atomic E-state index is 0.244. The number of benzene rings is 1. The summed E-state index contributed by atoms with van der Waals surface area (Å²) in [7, 11) is 0. The molecule has 1 N–H and O–H groups in total. The first-order valence-electron chi connectivity index (χ1n) is 6.59. The van der Waals surface area contributed by atoms with Crippen LogP contribution >= 0.6 is 0 Å². The molecule has 1 aliphatic rings. The van der Waals surface area contributed by atoms with Crippen LogP contribution in [0.2, 0.25) is 0 Å². The minimum absolute atomic E-state index is 0.244. The van der Waals surface area contributed by atoms with Crippen molar-refractivity contribution in [2.24, 2.45) is 0 Å². The van der Waals surface area contributed by atoms with Crippen LogP contribution in [0, 0.1) is 0 Å². The van der Waals surface area contributed by atoms with Crippen LogP contribution in [0.3, 0.4) is 0 Å². The molecule has 94 valence electrons. The van der Waals surface area contributed by atoms with Gasteiger partial charge in [0, 0.05) is 5.56 Å². The fourth-order valence-electron chi connectivity index (χ4n) is 2.26. The van der Waals surface area contributed by atoms with Gasteiger partial charge in [-0.15, -0.1) is 0 Å². The van der Waals surface area contributed by atoms with Gasteiger partial charge in [0.2, 0.25) is 0 Å². The Hall–Kier alpha value is -1.02. The average molecular weight is 233 g/mol. The summed E-state index contributed by atoms with van der Waals surface area (Å²) in [6, 6.07) is 7.01. The maximum atomic E-state index is 5.70. The molecule has 1 unspecified atom stereocenters. The summed E-state index contributed by atoms with van der Waals surface area (Å²) in [4.78, 5) is 0. The molecule has 1 atom stereocenters. The van der Waals surface area contributed by atoms with Gasteiger partial charge in [-0.05, 0) is 36.1 Å². The maximum Gasteiger partial charge on any atom is 0.124 e. The number of fused-ring (bicyclic) bond motifs is 1. The van der Waals surface area contributed by atoms with E-state index in [1.807, 2.05) is 0 Å². The zero-order chi connectivity index (χ0) is 12.5. The van der Waals surface area contributed by atoms with Crippen molar-refractivity contribution in [3.8, 4) is 5.75 Å². The van der Waals surface area contributed by atoms with Gasteiger partial charge in [-0.3, -0.25) is 0 Å². The van der Waals surface area contributed by atoms with E-state index in [1.54, 1.807) is 0 Å². The Morgan fingerprint density at radius 3 is 2.76 bits per heavy atom. The molecular weight excluding hydrogens is 210 g/mol. The molecule has 0 bridgehead atoms. The zero-order valence-corrected chi connectivity index (χ0v) is 11.3. The first kappa shape index (κ1) is 12.4. The second-order valence-corrected chi connectivity index (χ2v) is 5.41. The van der Waals surface area contributed by atoms with Crippen molar-refractivity contribution in [1.29, 1.82) is 0 Å². The lowest BCUT2D eigenvalue weighted by atomic mass is 9.81. The van der Waals surface area contributed by atoms with E-state index in [4.69, 9.17) is 4.74 Å². The number of nitrogens with one attached hydrogen (secondary N) is 1. The molecule has 0 amide bonds. The topological polar surface area (TPSA) is 21.3 Å². The largest absolute Gasteiger partial charge is 0.491 e. The van der Waals surface area contributed by atoms with E-state index in [0.717, 1.165) is 25.3 Å². The normalized spacial score (nSPS) is 18.9. The first-order chi connectivity index (χ1) is 8.08. The Morgan fingerprint density at radius 2 is 2.12 bits per heavy atom. The van der Waals surface area contributed by atoms with Crippen LogP contribution in [-0.4, -0.2) is 13.2 Å². The van der Waals surface area contributed by atoms with Crippen molar-refractivity contribution in [2.75, 3.05) is 13.2 Å². The van der Waals surface area contributed by atoms with Crippen LogP contribution in [0.4, 0.5) is 0 Å². The summed E-state index contributed by atoms with van der Waals surface area (Å²) in [5.41, 5.74) is 2.98. The number of rotatable bonds is 4. The molecule has 0 aromatic heterocycles. The predicted octanol–water partition coefficient (Wildman–Crippen LogP) is 3.42. The SMILES string of the molecule is CCNC1COc2ccc(C(C)(C)CC)cc21. The number of ether oxygens (including phenoxy) is 1. The summed E-state index contributed by atoms with van der Waals surface area (Å²) in [5.74, 6) is 1.05. The summed E-state index contributed by atoms with van der Waals surface area (Å²) < 4.78 is 5.70. The van der Waals surface area contributed by atoms with E-state index in [2.05, 4.69) is 51.2 Å². The van der Waals surface area contributed by atoms with Gasteiger partial charge in [0.15, 0.2) is 0 Å². The second kappa shape index (κ2) is 4.69. The lowest BCUT2D eigenvalue weighted by Gasteiger charge is -2.24. The Morgan fingerprint density at radius 1 is 1.35 bits per heavy atom. The van der Waals surface area contributed by atoms with Gasteiger partial charge in [-0.25, -0.2) is 0 Å². The lowest BCUT2D eigenvalue weighted by Crippen LogP contribution is -2.22. The molecule has 1 aromatic rings. The third kappa shape index (κ3) is 2.32. The van der Waals surface area contributed by atoms with Crippen molar-refractivity contribution in [1.82, 2.24) is 5.32 Å². The van der Waals surface area contributed by atoms with Crippen LogP contribution in [0.1, 0.15) is 51.3 Å². The molecule has 1 heterocycles. The number of hydrogen-bond donors (Lipinski definition) is 1. The molecule has 0 spiro atoms. The molecule has 1 aliphatic heterocycles. The summed E-state index contributed by atoms with van der Waals surface area (Å²) in [6.45, 7) is 10.7. The van der Waals surface area contributed by atoms with Crippen LogP contribution in [0.15, 0.2) is 18.2 Å². The molecule has 0 saturated carbocycles. The summed E-state index contributed by atoms with van der Waals surface area (Å²) in [6.07, 6.45) is 1.15. The van der Waals surface area contributed by atoms with Gasteiger partial charge < -0.3 is 10.1 Å². The van der Waals surface area contributed by atoms with Gasteiger partial charge in [0.1, 0.15) is 12.4 Å². The number of likely N-dealkylation sites (N-methyl/N-ethyl adjacent to an activating group) is 1. The van der Waals surface area contributed by atoms with Crippen molar-refractivity contribution in [3.63, 3.8) is 0 Å². The van der Waals surface area contributed by atoms with Gasteiger partial charge in [0.05, 0.1) is 6.04 Å². The maximum absolute atomic E-state index is 5.70. The first-order valence-corrected chi connectivity index (χ1v) is 6.59. The predicted molar refractivity (Wildman–Crippen MR) is 71.7 cm³/mol.